The molecule has 1 aromatic rings. The molecule has 0 aliphatic heterocycles. The van der Waals surface area contributed by atoms with Crippen LogP contribution in [0.3, 0.4) is 0 Å². The van der Waals surface area contributed by atoms with Gasteiger partial charge in [-0.25, -0.2) is 9.59 Å². The maximum absolute atomic E-state index is 12.5. The number of aliphatic hydroxyl groups excluding tert-OH is 1. The fraction of sp³-hybridized carbons (Fsp3) is 0.600. The second kappa shape index (κ2) is 17.5. The van der Waals surface area contributed by atoms with E-state index in [1.807, 2.05) is 6.07 Å². The standard InChI is InChI=1S/C25H36O12S/c1-4-32-21(28)25(3,17-36-22(29)33-11-10-31-12-13-38)18-37-23(30)35-16-24(2,15-26)20(27)34-14-19-8-6-5-7-9-19/h5-9,26,38H,4,10-18H2,1-3H3. The van der Waals surface area contributed by atoms with E-state index < -0.39 is 61.5 Å². The molecule has 0 saturated carbocycles. The quantitative estimate of drug-likeness (QED) is 0.125. The summed E-state index contributed by atoms with van der Waals surface area (Å²) in [6.07, 6.45) is -2.27. The number of hydrogen-bond donors (Lipinski definition) is 2. The largest absolute Gasteiger partial charge is 0.508 e. The van der Waals surface area contributed by atoms with Crippen LogP contribution in [0.4, 0.5) is 9.59 Å². The first-order valence-electron chi connectivity index (χ1n) is 11.9. The summed E-state index contributed by atoms with van der Waals surface area (Å²) in [4.78, 5) is 49.0. The van der Waals surface area contributed by atoms with Gasteiger partial charge in [0, 0.05) is 5.75 Å². The van der Waals surface area contributed by atoms with Crippen LogP contribution in [0.25, 0.3) is 0 Å². The lowest BCUT2D eigenvalue weighted by Gasteiger charge is -2.27. The third kappa shape index (κ3) is 12.0. The van der Waals surface area contributed by atoms with Crippen molar-refractivity contribution in [2.24, 2.45) is 10.8 Å². The van der Waals surface area contributed by atoms with Crippen molar-refractivity contribution in [3.63, 3.8) is 0 Å². The Bertz CT molecular complexity index is 880. The number of esters is 2. The van der Waals surface area contributed by atoms with Gasteiger partial charge >= 0.3 is 24.2 Å². The van der Waals surface area contributed by atoms with Crippen LogP contribution in [-0.4, -0.2) is 88.0 Å². The molecule has 0 amide bonds. The zero-order valence-corrected chi connectivity index (χ0v) is 22.7. The van der Waals surface area contributed by atoms with E-state index >= 15 is 0 Å². The monoisotopic (exact) mass is 560 g/mol. The highest BCUT2D eigenvalue weighted by Gasteiger charge is 2.40. The van der Waals surface area contributed by atoms with Gasteiger partial charge in [-0.3, -0.25) is 9.59 Å². The third-order valence-corrected chi connectivity index (χ3v) is 5.21. The summed E-state index contributed by atoms with van der Waals surface area (Å²) in [7, 11) is 0. The van der Waals surface area contributed by atoms with Crippen LogP contribution < -0.4 is 0 Å². The summed E-state index contributed by atoms with van der Waals surface area (Å²) in [5.41, 5.74) is -2.39. The van der Waals surface area contributed by atoms with Gasteiger partial charge in [0.05, 0.1) is 26.4 Å². The highest BCUT2D eigenvalue weighted by Crippen LogP contribution is 2.23. The van der Waals surface area contributed by atoms with E-state index in [-0.39, 0.29) is 26.4 Å². The molecule has 2 unspecified atom stereocenters. The van der Waals surface area contributed by atoms with E-state index in [0.29, 0.717) is 12.4 Å². The van der Waals surface area contributed by atoms with Crippen molar-refractivity contribution in [3.05, 3.63) is 35.9 Å². The Hall–Kier alpha value is -3.03. The number of ether oxygens (including phenoxy) is 7. The molecule has 0 bridgehead atoms. The van der Waals surface area contributed by atoms with Crippen molar-refractivity contribution in [2.45, 2.75) is 27.4 Å². The van der Waals surface area contributed by atoms with E-state index in [0.717, 1.165) is 5.56 Å². The topological polar surface area (TPSA) is 153 Å². The zero-order valence-electron chi connectivity index (χ0n) is 21.8. The minimum Gasteiger partial charge on any atom is -0.465 e. The average molecular weight is 561 g/mol. The fourth-order valence-corrected chi connectivity index (χ4v) is 2.75. The van der Waals surface area contributed by atoms with Crippen LogP contribution >= 0.6 is 12.6 Å². The molecule has 1 aromatic carbocycles. The molecule has 0 aliphatic rings. The van der Waals surface area contributed by atoms with E-state index in [1.54, 1.807) is 31.2 Å². The summed E-state index contributed by atoms with van der Waals surface area (Å²) < 4.78 is 35.2. The van der Waals surface area contributed by atoms with Gasteiger partial charge in [-0.2, -0.15) is 12.6 Å². The number of rotatable bonds is 17. The summed E-state index contributed by atoms with van der Waals surface area (Å²) in [5.74, 6) is -1.05. The molecule has 0 radical (unpaired) electrons. The van der Waals surface area contributed by atoms with Gasteiger partial charge in [0.15, 0.2) is 0 Å². The molecular weight excluding hydrogens is 524 g/mol. The minimum absolute atomic E-state index is 0.0251. The Morgan fingerprint density at radius 1 is 0.763 bits per heavy atom. The second-order valence-electron chi connectivity index (χ2n) is 8.61. The Morgan fingerprint density at radius 3 is 1.87 bits per heavy atom. The smallest absolute Gasteiger partial charge is 0.465 e. The predicted octanol–water partition coefficient (Wildman–Crippen LogP) is 2.55. The van der Waals surface area contributed by atoms with E-state index in [2.05, 4.69) is 12.6 Å². The molecule has 38 heavy (non-hydrogen) atoms. The van der Waals surface area contributed by atoms with Crippen LogP contribution in [0.1, 0.15) is 26.3 Å². The van der Waals surface area contributed by atoms with Crippen molar-refractivity contribution in [3.8, 4) is 0 Å². The van der Waals surface area contributed by atoms with E-state index in [4.69, 9.17) is 33.2 Å². The summed E-state index contributed by atoms with van der Waals surface area (Å²) >= 11 is 3.98. The maximum atomic E-state index is 12.5. The van der Waals surface area contributed by atoms with Crippen LogP contribution in [0.2, 0.25) is 0 Å². The first-order chi connectivity index (χ1) is 18.1. The summed E-state index contributed by atoms with van der Waals surface area (Å²) in [6.45, 7) is 2.48. The second-order valence-corrected chi connectivity index (χ2v) is 9.06. The Kier molecular flexibility index (Phi) is 15.2. The number of benzene rings is 1. The molecule has 0 spiro atoms. The Balaban J connectivity index is 2.60. The van der Waals surface area contributed by atoms with Gasteiger partial charge in [-0.15, -0.1) is 0 Å². The van der Waals surface area contributed by atoms with Gasteiger partial charge in [0.2, 0.25) is 0 Å². The van der Waals surface area contributed by atoms with Gasteiger partial charge in [0.1, 0.15) is 43.9 Å². The molecule has 0 fully saturated rings. The van der Waals surface area contributed by atoms with Crippen molar-refractivity contribution in [1.29, 1.82) is 0 Å². The first-order valence-corrected chi connectivity index (χ1v) is 12.5. The molecule has 2 atom stereocenters. The van der Waals surface area contributed by atoms with Crippen molar-refractivity contribution < 1.29 is 57.4 Å². The molecule has 1 N–H and O–H groups in total. The maximum Gasteiger partial charge on any atom is 0.508 e. The van der Waals surface area contributed by atoms with Gasteiger partial charge < -0.3 is 38.3 Å². The number of carbonyl (C=O) groups is 4. The lowest BCUT2D eigenvalue weighted by molar-refractivity contribution is -0.162. The van der Waals surface area contributed by atoms with Gasteiger partial charge in [-0.1, -0.05) is 30.3 Å². The third-order valence-electron chi connectivity index (χ3n) is 5.03. The minimum atomic E-state index is -1.58. The molecule has 12 nitrogen and oxygen atoms in total. The number of aliphatic hydroxyl groups is 1. The summed E-state index contributed by atoms with van der Waals surface area (Å²) in [6, 6.07) is 8.91. The molecule has 13 heteroatoms. The Morgan fingerprint density at radius 2 is 1.32 bits per heavy atom. The van der Waals surface area contributed by atoms with Crippen molar-refractivity contribution >= 4 is 36.9 Å². The Labute approximate surface area is 227 Å². The molecule has 0 aliphatic carbocycles. The average Bonchev–Trinajstić information content (AvgIpc) is 2.92. The molecular formula is C25H36O12S. The van der Waals surface area contributed by atoms with Gasteiger partial charge in [-0.05, 0) is 26.3 Å². The number of carbonyl (C=O) groups excluding carboxylic acids is 4. The SMILES string of the molecule is CCOC(=O)C(C)(COC(=O)OCCOCCS)COC(=O)OCC(C)(CO)C(=O)OCc1ccccc1. The number of hydrogen-bond acceptors (Lipinski definition) is 13. The van der Waals surface area contributed by atoms with Crippen LogP contribution in [0.15, 0.2) is 30.3 Å². The molecule has 0 aromatic heterocycles. The van der Waals surface area contributed by atoms with Crippen LogP contribution in [0.5, 0.6) is 0 Å². The van der Waals surface area contributed by atoms with Gasteiger partial charge in [0.25, 0.3) is 0 Å². The fourth-order valence-electron chi connectivity index (χ4n) is 2.62. The lowest BCUT2D eigenvalue weighted by Crippen LogP contribution is -2.41. The summed E-state index contributed by atoms with van der Waals surface area (Å²) in [5, 5.41) is 9.72. The number of thiol groups is 1. The van der Waals surface area contributed by atoms with Crippen molar-refractivity contribution in [2.75, 3.05) is 58.6 Å². The molecule has 214 valence electrons. The molecule has 0 saturated heterocycles. The molecule has 0 heterocycles. The van der Waals surface area contributed by atoms with E-state index in [1.165, 1.54) is 13.8 Å². The predicted molar refractivity (Wildman–Crippen MR) is 135 cm³/mol. The lowest BCUT2D eigenvalue weighted by atomic mass is 9.93. The highest BCUT2D eigenvalue weighted by atomic mass is 32.1. The highest BCUT2D eigenvalue weighted by molar-refractivity contribution is 7.80. The van der Waals surface area contributed by atoms with Crippen molar-refractivity contribution in [1.82, 2.24) is 0 Å². The van der Waals surface area contributed by atoms with Crippen LogP contribution in [-0.2, 0) is 49.4 Å². The van der Waals surface area contributed by atoms with Crippen LogP contribution in [0, 0.1) is 10.8 Å². The normalized spacial score (nSPS) is 13.8. The van der Waals surface area contributed by atoms with E-state index in [9.17, 15) is 24.3 Å². The molecule has 1 rings (SSSR count). The first kappa shape index (κ1) is 33.0. The zero-order chi connectivity index (χ0) is 28.4.